The van der Waals surface area contributed by atoms with Crippen LogP contribution >= 0.6 is 0 Å². The molecule has 0 spiro atoms. The Morgan fingerprint density at radius 3 is 1.64 bits per heavy atom. The summed E-state index contributed by atoms with van der Waals surface area (Å²) in [5.41, 5.74) is 1.70. The average Bonchev–Trinajstić information content (AvgIpc) is 3.26. The summed E-state index contributed by atoms with van der Waals surface area (Å²) in [6, 6.07) is 41.6. The minimum atomic E-state index is -2.86. The molecule has 5 aliphatic rings. The molecule has 5 heterocycles. The van der Waals surface area contributed by atoms with Gasteiger partial charge in [0.15, 0.2) is 5.78 Å². The van der Waals surface area contributed by atoms with Crippen LogP contribution in [-0.4, -0.2) is 94.0 Å². The first-order valence-corrected chi connectivity index (χ1v) is 24.3. The first-order valence-electron chi connectivity index (χ1n) is 22.4. The van der Waals surface area contributed by atoms with Crippen LogP contribution in [0.15, 0.2) is 121 Å². The van der Waals surface area contributed by atoms with E-state index in [9.17, 15) is 4.79 Å². The van der Waals surface area contributed by atoms with Gasteiger partial charge in [0.2, 0.25) is 0 Å². The Morgan fingerprint density at radius 2 is 1.08 bits per heavy atom. The molecule has 10 heteroatoms. The number of hydrogen-bond acceptors (Lipinski definition) is 9. The van der Waals surface area contributed by atoms with Gasteiger partial charge < -0.3 is 37.6 Å². The molecule has 324 valence electrons. The van der Waals surface area contributed by atoms with E-state index in [2.05, 4.69) is 100 Å². The van der Waals surface area contributed by atoms with Gasteiger partial charge in [-0.05, 0) is 33.5 Å². The number of benzene rings is 4. The van der Waals surface area contributed by atoms with Crippen molar-refractivity contribution < 1.29 is 42.4 Å². The molecule has 0 bridgehead atoms. The van der Waals surface area contributed by atoms with Crippen LogP contribution < -0.4 is 10.4 Å². The molecule has 4 aromatic rings. The van der Waals surface area contributed by atoms with E-state index in [-0.39, 0.29) is 72.4 Å². The van der Waals surface area contributed by atoms with Crippen molar-refractivity contribution in [3.63, 3.8) is 0 Å². The van der Waals surface area contributed by atoms with Crippen molar-refractivity contribution in [1.29, 1.82) is 0 Å². The van der Waals surface area contributed by atoms with E-state index in [1.807, 2.05) is 48.5 Å². The highest BCUT2D eigenvalue weighted by Gasteiger charge is 2.56. The fraction of sp³-hybridized carbons (Fsp3) is 0.510. The fourth-order valence-electron chi connectivity index (χ4n) is 10.5. The normalized spacial score (nSPS) is 32.6. The highest BCUT2D eigenvalue weighted by molar-refractivity contribution is 6.99. The molecule has 9 nitrogen and oxygen atoms in total. The maximum Gasteiger partial charge on any atom is 0.261 e. The quantitative estimate of drug-likeness (QED) is 0.100. The van der Waals surface area contributed by atoms with Crippen LogP contribution in [0.2, 0.25) is 5.04 Å². The Balaban J connectivity index is 0.855. The second kappa shape index (κ2) is 18.3. The largest absolute Gasteiger partial charge is 0.404 e. The summed E-state index contributed by atoms with van der Waals surface area (Å²) < 4.78 is 54.3. The first kappa shape index (κ1) is 42.7. The molecule has 0 aromatic heterocycles. The van der Waals surface area contributed by atoms with Gasteiger partial charge in [-0.2, -0.15) is 0 Å². The number of carbonyl (C=O) groups is 1. The van der Waals surface area contributed by atoms with Gasteiger partial charge in [0.25, 0.3) is 8.32 Å². The molecule has 5 saturated heterocycles. The first-order chi connectivity index (χ1) is 29.6. The van der Waals surface area contributed by atoms with Gasteiger partial charge in [-0.1, -0.05) is 142 Å². The van der Waals surface area contributed by atoms with Crippen LogP contribution in [0.3, 0.4) is 0 Å². The molecule has 11 atom stereocenters. The molecule has 5 aliphatic heterocycles. The monoisotopic (exact) mass is 846 g/mol. The van der Waals surface area contributed by atoms with Crippen molar-refractivity contribution in [3.8, 4) is 0 Å². The molecule has 5 fully saturated rings. The smallest absolute Gasteiger partial charge is 0.261 e. The standard InChI is InChI=1S/C51H62O9Si/c1-50(2,3)61(37-21-13-7-14-22-37,38-23-15-8-16-24-38)55-34-48-39(52)27-40-41(59-48)28-43-42(56-40)29-44-45(57-43)30-47-46(58-44)31-49(54-33-36-19-11-6-12-20-36)51(4,60-47)25-26-53-32-35-17-9-5-10-18-35/h5-24,40-49H,25-34H2,1-4H3/t40-,41+,42+,43-,44-,45+,46+,47-,48-,49-,51+/m0/s1. The van der Waals surface area contributed by atoms with E-state index in [0.717, 1.165) is 24.0 Å². The van der Waals surface area contributed by atoms with Crippen molar-refractivity contribution >= 4 is 24.5 Å². The highest BCUT2D eigenvalue weighted by atomic mass is 28.4. The lowest BCUT2D eigenvalue weighted by molar-refractivity contribution is -0.323. The van der Waals surface area contributed by atoms with Crippen molar-refractivity contribution in [3.05, 3.63) is 132 Å². The lowest BCUT2D eigenvalue weighted by atomic mass is 9.80. The van der Waals surface area contributed by atoms with Crippen molar-refractivity contribution in [2.24, 2.45) is 0 Å². The third-order valence-corrected chi connectivity index (χ3v) is 18.8. The summed E-state index contributed by atoms with van der Waals surface area (Å²) in [6.07, 6.45) is 1.44. The van der Waals surface area contributed by atoms with Gasteiger partial charge in [0, 0.05) is 45.1 Å². The summed E-state index contributed by atoms with van der Waals surface area (Å²) in [6.45, 7) is 10.7. The molecule has 0 aliphatic carbocycles. The topological polar surface area (TPSA) is 90.9 Å². The molecule has 61 heavy (non-hydrogen) atoms. The molecule has 0 N–H and O–H groups in total. The van der Waals surface area contributed by atoms with Crippen LogP contribution in [0.25, 0.3) is 0 Å². The van der Waals surface area contributed by atoms with Crippen LogP contribution in [0.4, 0.5) is 0 Å². The van der Waals surface area contributed by atoms with Crippen LogP contribution in [0.5, 0.6) is 0 Å². The number of ether oxygens (including phenoxy) is 7. The van der Waals surface area contributed by atoms with E-state index < -0.39 is 20.0 Å². The van der Waals surface area contributed by atoms with E-state index in [4.69, 9.17) is 37.6 Å². The van der Waals surface area contributed by atoms with Gasteiger partial charge in [-0.25, -0.2) is 0 Å². The Kier molecular flexibility index (Phi) is 12.8. The van der Waals surface area contributed by atoms with E-state index in [0.29, 0.717) is 45.5 Å². The molecule has 0 unspecified atom stereocenters. The van der Waals surface area contributed by atoms with Crippen LogP contribution in [-0.2, 0) is 55.6 Å². The Morgan fingerprint density at radius 1 is 0.607 bits per heavy atom. The maximum atomic E-state index is 13.9. The summed E-state index contributed by atoms with van der Waals surface area (Å²) >= 11 is 0. The number of fused-ring (bicyclic) bond motifs is 4. The van der Waals surface area contributed by atoms with E-state index in [1.54, 1.807) is 0 Å². The summed E-state index contributed by atoms with van der Waals surface area (Å²) in [4.78, 5) is 13.9. The summed E-state index contributed by atoms with van der Waals surface area (Å²) in [5.74, 6) is 0.0263. The summed E-state index contributed by atoms with van der Waals surface area (Å²) in [5, 5.41) is 2.14. The number of ketones is 1. The van der Waals surface area contributed by atoms with Crippen LogP contribution in [0, 0.1) is 0 Å². The lowest BCUT2D eigenvalue weighted by Gasteiger charge is -2.55. The minimum absolute atomic E-state index is 0.0263. The van der Waals surface area contributed by atoms with E-state index >= 15 is 0 Å². The van der Waals surface area contributed by atoms with Crippen molar-refractivity contribution in [2.75, 3.05) is 13.2 Å². The SMILES string of the molecule is CC(C)(C)[Si](OC[C@@H]1O[C@@H]2C[C@@H]3O[C@@H]4C[C@@H]5O[C@](C)(CCOCc6ccccc6)[C@@H](OCc6ccccc6)C[C@H]5O[C@H]4C[C@H]3O[C@H]2CC1=O)(c1ccccc1)c1ccccc1. The second-order valence-electron chi connectivity index (χ2n) is 18.9. The van der Waals surface area contributed by atoms with Gasteiger partial charge in [-0.3, -0.25) is 4.79 Å². The third-order valence-electron chi connectivity index (χ3n) is 13.8. The summed E-state index contributed by atoms with van der Waals surface area (Å²) in [7, 11) is -2.86. The van der Waals surface area contributed by atoms with Gasteiger partial charge >= 0.3 is 0 Å². The van der Waals surface area contributed by atoms with Gasteiger partial charge in [0.1, 0.15) is 6.10 Å². The zero-order valence-electron chi connectivity index (χ0n) is 36.1. The Hall–Kier alpha value is -3.55. The molecule has 0 amide bonds. The lowest BCUT2D eigenvalue weighted by Crippen LogP contribution is -2.68. The average molecular weight is 847 g/mol. The second-order valence-corrected chi connectivity index (χ2v) is 23.2. The van der Waals surface area contributed by atoms with Crippen molar-refractivity contribution in [2.45, 2.75) is 151 Å². The molecule has 9 rings (SSSR count). The fourth-order valence-corrected chi connectivity index (χ4v) is 15.1. The predicted molar refractivity (Wildman–Crippen MR) is 235 cm³/mol. The van der Waals surface area contributed by atoms with Gasteiger partial charge in [-0.15, -0.1) is 0 Å². The molecule has 4 aromatic carbocycles. The Bertz CT molecular complexity index is 1990. The number of hydrogen-bond donors (Lipinski definition) is 0. The maximum absolute atomic E-state index is 13.9. The van der Waals surface area contributed by atoms with Crippen LogP contribution in [0.1, 0.15) is 77.3 Å². The predicted octanol–water partition coefficient (Wildman–Crippen LogP) is 7.50. The molecular formula is C51H62O9Si. The van der Waals surface area contributed by atoms with E-state index in [1.165, 1.54) is 10.4 Å². The molecule has 0 saturated carbocycles. The number of Topliss-reactive ketones (excluding diaryl/α,β-unsaturated/α-hetero) is 1. The zero-order valence-corrected chi connectivity index (χ0v) is 37.1. The number of carbonyl (C=O) groups excluding carboxylic acids is 1. The molecule has 0 radical (unpaired) electrons. The Labute approximate surface area is 362 Å². The highest BCUT2D eigenvalue weighted by Crippen LogP contribution is 2.46. The number of rotatable bonds is 13. The zero-order chi connectivity index (χ0) is 42.0. The third kappa shape index (κ3) is 9.12. The van der Waals surface area contributed by atoms with Crippen molar-refractivity contribution in [1.82, 2.24) is 0 Å². The van der Waals surface area contributed by atoms with Gasteiger partial charge in [0.05, 0.1) is 80.4 Å². The minimum Gasteiger partial charge on any atom is -0.404 e. The molecular weight excluding hydrogens is 785 g/mol.